The maximum absolute atomic E-state index is 13.2. The summed E-state index contributed by atoms with van der Waals surface area (Å²) in [7, 11) is 7.69. The van der Waals surface area contributed by atoms with Crippen LogP contribution in [0.2, 0.25) is 0 Å². The third kappa shape index (κ3) is 7.67. The summed E-state index contributed by atoms with van der Waals surface area (Å²) < 4.78 is 39.6. The van der Waals surface area contributed by atoms with Crippen molar-refractivity contribution in [3.63, 3.8) is 0 Å². The predicted molar refractivity (Wildman–Crippen MR) is 134 cm³/mol. The topological polar surface area (TPSA) is 98.3 Å². The number of likely N-dealkylation sites (N-methyl/N-ethyl adjacent to an activating group) is 2. The zero-order valence-corrected chi connectivity index (χ0v) is 21.2. The summed E-state index contributed by atoms with van der Waals surface area (Å²) in [5.41, 5.74) is -0.654. The molecular weight excluding hydrogens is 473 g/mol. The number of nitrogens with one attached hydrogen (secondary N) is 3. The van der Waals surface area contributed by atoms with Crippen LogP contribution in [0.25, 0.3) is 0 Å². The smallest absolute Gasteiger partial charge is 0.357 e. The van der Waals surface area contributed by atoms with Gasteiger partial charge in [0.2, 0.25) is 23.8 Å². The van der Waals surface area contributed by atoms with E-state index >= 15 is 0 Å². The van der Waals surface area contributed by atoms with E-state index in [0.717, 1.165) is 32.0 Å². The lowest BCUT2D eigenvalue weighted by Gasteiger charge is -2.29. The van der Waals surface area contributed by atoms with Gasteiger partial charge in [-0.1, -0.05) is 18.2 Å². The Labute approximate surface area is 209 Å². The van der Waals surface area contributed by atoms with Crippen molar-refractivity contribution < 1.29 is 18.0 Å². The van der Waals surface area contributed by atoms with Crippen molar-refractivity contribution >= 4 is 23.8 Å². The number of halogens is 3. The fourth-order valence-electron chi connectivity index (χ4n) is 4.12. The number of amides is 1. The van der Waals surface area contributed by atoms with Gasteiger partial charge in [0, 0.05) is 45.7 Å². The minimum atomic E-state index is -4.45. The first-order valence-corrected chi connectivity index (χ1v) is 12.1. The molecule has 9 nitrogen and oxygen atoms in total. The van der Waals surface area contributed by atoms with Crippen LogP contribution >= 0.6 is 0 Å². The molecule has 3 rings (SSSR count). The van der Waals surface area contributed by atoms with Crippen LogP contribution in [0.1, 0.15) is 36.8 Å². The number of nitrogens with zero attached hydrogens (tertiary/aromatic N) is 5. The summed E-state index contributed by atoms with van der Waals surface area (Å²) in [4.78, 5) is 30.1. The monoisotopic (exact) mass is 508 g/mol. The molecule has 36 heavy (non-hydrogen) atoms. The average Bonchev–Trinajstić information content (AvgIpc) is 2.85. The number of alkyl halides is 3. The molecule has 1 aromatic heterocycles. The van der Waals surface area contributed by atoms with E-state index in [0.29, 0.717) is 30.7 Å². The Morgan fingerprint density at radius 1 is 1.00 bits per heavy atom. The van der Waals surface area contributed by atoms with Gasteiger partial charge in [0.25, 0.3) is 0 Å². The van der Waals surface area contributed by atoms with Crippen LogP contribution in [0, 0.1) is 5.92 Å². The minimum Gasteiger partial charge on any atom is -0.357 e. The van der Waals surface area contributed by atoms with E-state index in [1.165, 1.54) is 12.1 Å². The SMILES string of the molecule is CNc1nc(NC2CCC(C(=O)NCc3ccccc3C(F)(F)F)CC2)nc(N(C)CCN(C)C)n1. The van der Waals surface area contributed by atoms with Gasteiger partial charge < -0.3 is 25.8 Å². The molecule has 1 aromatic carbocycles. The lowest BCUT2D eigenvalue weighted by molar-refractivity contribution is -0.138. The first kappa shape index (κ1) is 27.4. The van der Waals surface area contributed by atoms with Crippen LogP contribution in [-0.2, 0) is 17.5 Å². The Bertz CT molecular complexity index is 1010. The van der Waals surface area contributed by atoms with Crippen LogP contribution in [0.3, 0.4) is 0 Å². The van der Waals surface area contributed by atoms with Gasteiger partial charge in [-0.15, -0.1) is 0 Å². The summed E-state index contributed by atoms with van der Waals surface area (Å²) in [5.74, 6) is 1.04. The molecule has 1 amide bonds. The Morgan fingerprint density at radius 2 is 1.67 bits per heavy atom. The molecule has 1 aliphatic rings. The van der Waals surface area contributed by atoms with Gasteiger partial charge in [-0.3, -0.25) is 4.79 Å². The van der Waals surface area contributed by atoms with Gasteiger partial charge in [-0.25, -0.2) is 0 Å². The summed E-state index contributed by atoms with van der Waals surface area (Å²) >= 11 is 0. The van der Waals surface area contributed by atoms with E-state index in [-0.39, 0.29) is 30.0 Å². The van der Waals surface area contributed by atoms with Crippen molar-refractivity contribution in [2.45, 2.75) is 44.4 Å². The predicted octanol–water partition coefficient (Wildman–Crippen LogP) is 3.22. The van der Waals surface area contributed by atoms with Crippen LogP contribution in [0.15, 0.2) is 24.3 Å². The number of hydrogen-bond acceptors (Lipinski definition) is 8. The molecule has 2 aromatic rings. The fourth-order valence-corrected chi connectivity index (χ4v) is 4.12. The Hall–Kier alpha value is -3.15. The normalized spacial score (nSPS) is 18.1. The molecule has 0 saturated heterocycles. The highest BCUT2D eigenvalue weighted by molar-refractivity contribution is 5.78. The first-order valence-electron chi connectivity index (χ1n) is 12.1. The molecule has 0 bridgehead atoms. The number of hydrogen-bond donors (Lipinski definition) is 3. The van der Waals surface area contributed by atoms with E-state index in [2.05, 4.69) is 35.8 Å². The van der Waals surface area contributed by atoms with Crippen LogP contribution in [0.4, 0.5) is 31.0 Å². The van der Waals surface area contributed by atoms with Crippen molar-refractivity contribution in [1.82, 2.24) is 25.2 Å². The van der Waals surface area contributed by atoms with Gasteiger partial charge in [0.15, 0.2) is 0 Å². The maximum Gasteiger partial charge on any atom is 0.416 e. The highest BCUT2D eigenvalue weighted by Gasteiger charge is 2.33. The lowest BCUT2D eigenvalue weighted by Crippen LogP contribution is -2.36. The van der Waals surface area contributed by atoms with Crippen LogP contribution in [0.5, 0.6) is 0 Å². The highest BCUT2D eigenvalue weighted by atomic mass is 19.4. The van der Waals surface area contributed by atoms with Crippen molar-refractivity contribution in [3.05, 3.63) is 35.4 Å². The van der Waals surface area contributed by atoms with E-state index in [1.54, 1.807) is 13.1 Å². The number of benzene rings is 1. The zero-order valence-electron chi connectivity index (χ0n) is 21.2. The third-order valence-corrected chi connectivity index (χ3v) is 6.28. The fraction of sp³-hybridized carbons (Fsp3) is 0.583. The van der Waals surface area contributed by atoms with Crippen LogP contribution in [-0.4, -0.2) is 73.1 Å². The minimum absolute atomic E-state index is 0.0650. The second-order valence-corrected chi connectivity index (χ2v) is 9.32. The van der Waals surface area contributed by atoms with E-state index < -0.39 is 11.7 Å². The van der Waals surface area contributed by atoms with Gasteiger partial charge in [0.05, 0.1) is 5.56 Å². The summed E-state index contributed by atoms with van der Waals surface area (Å²) in [5, 5.41) is 9.02. The molecule has 0 atom stereocenters. The molecule has 1 saturated carbocycles. The largest absolute Gasteiger partial charge is 0.416 e. The molecule has 1 heterocycles. The molecular formula is C24H35F3N8O. The molecule has 0 spiro atoms. The maximum atomic E-state index is 13.2. The number of rotatable bonds is 10. The summed E-state index contributed by atoms with van der Waals surface area (Å²) in [6.07, 6.45) is -1.74. The molecule has 12 heteroatoms. The van der Waals surface area contributed by atoms with Gasteiger partial charge in [-0.2, -0.15) is 28.1 Å². The van der Waals surface area contributed by atoms with E-state index in [1.807, 2.05) is 26.0 Å². The second-order valence-electron chi connectivity index (χ2n) is 9.32. The second kappa shape index (κ2) is 12.2. The molecule has 1 aliphatic carbocycles. The quantitative estimate of drug-likeness (QED) is 0.450. The number of aromatic nitrogens is 3. The lowest BCUT2D eigenvalue weighted by atomic mass is 9.85. The molecule has 198 valence electrons. The first-order chi connectivity index (χ1) is 17.1. The molecule has 1 fully saturated rings. The van der Waals surface area contributed by atoms with Crippen molar-refractivity contribution in [3.8, 4) is 0 Å². The molecule has 0 aliphatic heterocycles. The van der Waals surface area contributed by atoms with Gasteiger partial charge >= 0.3 is 6.18 Å². The van der Waals surface area contributed by atoms with Gasteiger partial charge in [0.1, 0.15) is 0 Å². The number of anilines is 3. The third-order valence-electron chi connectivity index (χ3n) is 6.28. The van der Waals surface area contributed by atoms with Gasteiger partial charge in [-0.05, 0) is 51.4 Å². The highest BCUT2D eigenvalue weighted by Crippen LogP contribution is 2.32. The summed E-state index contributed by atoms with van der Waals surface area (Å²) in [6.45, 7) is 1.47. The number of carbonyl (C=O) groups excluding carboxylic acids is 1. The summed E-state index contributed by atoms with van der Waals surface area (Å²) in [6, 6.07) is 5.40. The van der Waals surface area contributed by atoms with Crippen molar-refractivity contribution in [1.29, 1.82) is 0 Å². The molecule has 3 N–H and O–H groups in total. The standard InChI is InChI=1S/C24H35F3N8O/c1-28-21-31-22(33-23(32-21)35(4)14-13-34(2)3)30-18-11-9-16(10-12-18)20(36)29-15-17-7-5-6-8-19(17)24(25,26)27/h5-8,16,18H,9-15H2,1-4H3,(H,29,36)(H2,28,30,31,32,33). The van der Waals surface area contributed by atoms with E-state index in [9.17, 15) is 18.0 Å². The Balaban J connectivity index is 1.54. The number of carbonyl (C=O) groups is 1. The van der Waals surface area contributed by atoms with Crippen molar-refractivity contribution in [2.75, 3.05) is 56.8 Å². The molecule has 0 radical (unpaired) electrons. The average molecular weight is 509 g/mol. The Morgan fingerprint density at radius 3 is 2.31 bits per heavy atom. The van der Waals surface area contributed by atoms with Crippen molar-refractivity contribution in [2.24, 2.45) is 5.92 Å². The zero-order chi connectivity index (χ0) is 26.3. The molecule has 0 unspecified atom stereocenters. The Kier molecular flexibility index (Phi) is 9.30. The van der Waals surface area contributed by atoms with E-state index in [4.69, 9.17) is 0 Å². The van der Waals surface area contributed by atoms with Crippen LogP contribution < -0.4 is 20.9 Å².